The van der Waals surface area contributed by atoms with Gasteiger partial charge in [-0.1, -0.05) is 12.2 Å². The van der Waals surface area contributed by atoms with Crippen LogP contribution in [-0.4, -0.2) is 35.0 Å². The highest BCUT2D eigenvalue weighted by atomic mass is 16.6. The van der Waals surface area contributed by atoms with Crippen LogP contribution in [0.1, 0.15) is 0 Å². The molecule has 2 aliphatic rings. The van der Waals surface area contributed by atoms with E-state index in [9.17, 15) is 4.79 Å². The monoisotopic (exact) mass is 320 g/mol. The quantitative estimate of drug-likeness (QED) is 0.0742. The van der Waals surface area contributed by atoms with Crippen molar-refractivity contribution >= 4 is 11.9 Å². The first-order valence-electron chi connectivity index (χ1n) is 6.76. The average molecular weight is 320 g/mol. The second kappa shape index (κ2) is 6.52. The first kappa shape index (κ1) is 16.5. The summed E-state index contributed by atoms with van der Waals surface area (Å²) in [4.78, 5) is 13.5. The van der Waals surface area contributed by atoms with Crippen LogP contribution in [0.5, 0.6) is 0 Å². The molecule has 2 atom stereocenters. The Morgan fingerprint density at radius 3 is 2.65 bits per heavy atom. The number of carbonyl (C=O) groups excluding carboxylic acids is 1. The van der Waals surface area contributed by atoms with Crippen molar-refractivity contribution in [3.05, 3.63) is 48.9 Å². The highest BCUT2D eigenvalue weighted by Crippen LogP contribution is 2.27. The van der Waals surface area contributed by atoms with E-state index in [0.29, 0.717) is 0 Å². The van der Waals surface area contributed by atoms with Crippen molar-refractivity contribution in [2.45, 2.75) is 11.6 Å². The summed E-state index contributed by atoms with van der Waals surface area (Å²) in [6.07, 6.45) is 13.4. The molecule has 0 radical (unpaired) electrons. The summed E-state index contributed by atoms with van der Waals surface area (Å²) in [5, 5.41) is 12.4. The molecule has 2 unspecified atom stereocenters. The van der Waals surface area contributed by atoms with E-state index in [4.69, 9.17) is 27.5 Å². The molecule has 0 aromatic heterocycles. The number of hydrazine groups is 1. The van der Waals surface area contributed by atoms with Crippen molar-refractivity contribution < 1.29 is 9.53 Å². The third-order valence-electron chi connectivity index (χ3n) is 3.20. The number of hydrogen-bond acceptors (Lipinski definition) is 8. The summed E-state index contributed by atoms with van der Waals surface area (Å²) in [5.41, 5.74) is 13.9. The molecule has 0 saturated carbocycles. The zero-order valence-corrected chi connectivity index (χ0v) is 12.3. The number of hydrogen-bond donors (Lipinski definition) is 7. The Balaban J connectivity index is 2.22. The zero-order chi connectivity index (χ0) is 16.9. The molecule has 124 valence electrons. The first-order chi connectivity index (χ1) is 10.9. The van der Waals surface area contributed by atoms with Crippen molar-refractivity contribution in [2.75, 3.05) is 6.54 Å². The number of guanidine groups is 1. The van der Waals surface area contributed by atoms with E-state index in [1.807, 2.05) is 0 Å². The van der Waals surface area contributed by atoms with Gasteiger partial charge in [-0.2, -0.15) is 5.43 Å². The maximum Gasteiger partial charge on any atom is 0.328 e. The standard InChI is InChI=1S/C13H20N8O2/c14-11(15)18-9-10(22)23-13(20-17)6-2-4-8-21(13)12(16)5-1-3-7-19-12/h1-8,19-20H,9,16-17H2,(H4,14,15,18). The van der Waals surface area contributed by atoms with E-state index < -0.39 is 17.6 Å². The molecule has 0 aromatic carbocycles. The lowest BCUT2D eigenvalue weighted by Crippen LogP contribution is -2.74. The normalized spacial score (nSPS) is 28.3. The fourth-order valence-corrected chi connectivity index (χ4v) is 2.16. The van der Waals surface area contributed by atoms with E-state index in [1.165, 1.54) is 4.90 Å². The Hall–Kier alpha value is -2.82. The third kappa shape index (κ3) is 3.51. The maximum absolute atomic E-state index is 12.0. The van der Waals surface area contributed by atoms with E-state index in [2.05, 4.69) is 16.1 Å². The highest BCUT2D eigenvalue weighted by Gasteiger charge is 2.46. The van der Waals surface area contributed by atoms with Crippen LogP contribution in [0.3, 0.4) is 0 Å². The second-order valence-electron chi connectivity index (χ2n) is 4.84. The van der Waals surface area contributed by atoms with Crippen LogP contribution in [-0.2, 0) is 9.53 Å². The summed E-state index contributed by atoms with van der Waals surface area (Å²) in [6.45, 7) is -0.287. The average Bonchev–Trinajstić information content (AvgIpc) is 2.54. The van der Waals surface area contributed by atoms with Crippen LogP contribution in [0, 0.1) is 5.41 Å². The lowest BCUT2D eigenvalue weighted by molar-refractivity contribution is -0.184. The van der Waals surface area contributed by atoms with Gasteiger partial charge in [-0.3, -0.25) is 26.7 Å². The van der Waals surface area contributed by atoms with Gasteiger partial charge in [-0.15, -0.1) is 0 Å². The molecule has 0 aliphatic carbocycles. The Morgan fingerprint density at radius 1 is 1.30 bits per heavy atom. The smallest absolute Gasteiger partial charge is 0.328 e. The predicted molar refractivity (Wildman–Crippen MR) is 84.5 cm³/mol. The van der Waals surface area contributed by atoms with Gasteiger partial charge in [0, 0.05) is 6.20 Å². The van der Waals surface area contributed by atoms with Crippen LogP contribution in [0.4, 0.5) is 0 Å². The molecule has 0 fully saturated rings. The predicted octanol–water partition coefficient (Wildman–Crippen LogP) is -2.20. The third-order valence-corrected chi connectivity index (χ3v) is 3.20. The maximum atomic E-state index is 12.0. The number of allylic oxidation sites excluding steroid dienone is 4. The van der Waals surface area contributed by atoms with Gasteiger partial charge in [-0.05, 0) is 30.5 Å². The molecule has 0 saturated heterocycles. The van der Waals surface area contributed by atoms with Gasteiger partial charge in [0.05, 0.1) is 0 Å². The van der Waals surface area contributed by atoms with Gasteiger partial charge in [-0.25, -0.2) is 0 Å². The lowest BCUT2D eigenvalue weighted by atomic mass is 10.1. The van der Waals surface area contributed by atoms with Crippen molar-refractivity contribution in [1.82, 2.24) is 21.0 Å². The van der Waals surface area contributed by atoms with Gasteiger partial charge in [0.2, 0.25) is 0 Å². The molecule has 0 spiro atoms. The molecular weight excluding hydrogens is 300 g/mol. The Morgan fingerprint density at radius 2 is 2.04 bits per heavy atom. The molecule has 2 rings (SSSR count). The van der Waals surface area contributed by atoms with Crippen LogP contribution >= 0.6 is 0 Å². The van der Waals surface area contributed by atoms with Crippen molar-refractivity contribution in [2.24, 2.45) is 17.3 Å². The van der Waals surface area contributed by atoms with Gasteiger partial charge in [0.15, 0.2) is 11.7 Å². The number of rotatable bonds is 5. The summed E-state index contributed by atoms with van der Waals surface area (Å²) >= 11 is 0. The molecule has 0 bridgehead atoms. The minimum absolute atomic E-state index is 0.287. The van der Waals surface area contributed by atoms with Gasteiger partial charge in [0.25, 0.3) is 5.85 Å². The topological polar surface area (TPSA) is 168 Å². The van der Waals surface area contributed by atoms with E-state index in [1.54, 1.807) is 48.9 Å². The minimum Gasteiger partial charge on any atom is -0.418 e. The van der Waals surface area contributed by atoms with Crippen molar-refractivity contribution in [3.63, 3.8) is 0 Å². The number of esters is 1. The number of dihydropyridines is 1. The number of ether oxygens (including phenoxy) is 1. The zero-order valence-electron chi connectivity index (χ0n) is 12.3. The summed E-state index contributed by atoms with van der Waals surface area (Å²) in [5.74, 6) is 1.93. The highest BCUT2D eigenvalue weighted by molar-refractivity contribution is 5.81. The number of carbonyl (C=O) groups is 1. The lowest BCUT2D eigenvalue weighted by Gasteiger charge is -2.49. The van der Waals surface area contributed by atoms with Gasteiger partial charge in [0.1, 0.15) is 6.54 Å². The molecule has 23 heavy (non-hydrogen) atoms. The number of nitrogens with zero attached hydrogens (tertiary/aromatic N) is 1. The van der Waals surface area contributed by atoms with Crippen LogP contribution in [0.25, 0.3) is 0 Å². The van der Waals surface area contributed by atoms with Gasteiger partial charge >= 0.3 is 5.97 Å². The molecule has 10 nitrogen and oxygen atoms in total. The van der Waals surface area contributed by atoms with Gasteiger partial charge < -0.3 is 21.1 Å². The minimum atomic E-state index is -1.51. The number of nitrogens with two attached hydrogens (primary N) is 3. The second-order valence-corrected chi connectivity index (χ2v) is 4.84. The molecule has 2 aliphatic heterocycles. The fraction of sp³-hybridized carbons (Fsp3) is 0.231. The SMILES string of the molecule is N=C(N)NCC(=O)OC1(NN)C=CC=CN1C1(N)C=CC=CN1. The molecule has 10 N–H and O–H groups in total. The molecule has 0 amide bonds. The largest absolute Gasteiger partial charge is 0.418 e. The number of nitrogens with one attached hydrogen (secondary N) is 4. The summed E-state index contributed by atoms with van der Waals surface area (Å²) in [7, 11) is 0. The van der Waals surface area contributed by atoms with Crippen molar-refractivity contribution in [3.8, 4) is 0 Å². The Bertz CT molecular complexity index is 599. The van der Waals surface area contributed by atoms with Crippen LogP contribution in [0.2, 0.25) is 0 Å². The molecule has 10 heteroatoms. The fourth-order valence-electron chi connectivity index (χ4n) is 2.16. The van der Waals surface area contributed by atoms with E-state index >= 15 is 0 Å². The Kier molecular flexibility index (Phi) is 4.69. The summed E-state index contributed by atoms with van der Waals surface area (Å²) < 4.78 is 5.43. The molecular formula is C13H20N8O2. The van der Waals surface area contributed by atoms with Crippen LogP contribution in [0.15, 0.2) is 48.9 Å². The first-order valence-corrected chi connectivity index (χ1v) is 6.76. The van der Waals surface area contributed by atoms with Crippen molar-refractivity contribution in [1.29, 1.82) is 5.41 Å². The summed E-state index contributed by atoms with van der Waals surface area (Å²) in [6, 6.07) is 0. The van der Waals surface area contributed by atoms with E-state index in [-0.39, 0.29) is 12.5 Å². The van der Waals surface area contributed by atoms with E-state index in [0.717, 1.165) is 0 Å². The van der Waals surface area contributed by atoms with Crippen LogP contribution < -0.4 is 33.4 Å². The molecule has 0 aromatic rings. The Labute approximate surface area is 133 Å². The molecule has 2 heterocycles.